The van der Waals surface area contributed by atoms with Crippen molar-refractivity contribution in [2.75, 3.05) is 9.80 Å². The summed E-state index contributed by atoms with van der Waals surface area (Å²) in [7, 11) is 0. The quantitative estimate of drug-likeness (QED) is 0.113. The van der Waals surface area contributed by atoms with E-state index in [1.807, 2.05) is 109 Å². The van der Waals surface area contributed by atoms with Gasteiger partial charge in [0, 0.05) is 72.5 Å². The van der Waals surface area contributed by atoms with Crippen LogP contribution in [0.1, 0.15) is 48.3 Å². The van der Waals surface area contributed by atoms with Crippen molar-refractivity contribution in [1.82, 2.24) is 9.13 Å². The molecule has 0 spiro atoms. The summed E-state index contributed by atoms with van der Waals surface area (Å²) < 4.78 is 155. The number of anilines is 6. The van der Waals surface area contributed by atoms with Crippen LogP contribution in [0.15, 0.2) is 400 Å². The first-order valence-electron chi connectivity index (χ1n) is 45.3. The first-order chi connectivity index (χ1) is 61.3. The largest absolute Gasteiger partial charge is 0.311 e. The van der Waals surface area contributed by atoms with Crippen LogP contribution < -0.4 is 26.2 Å². The van der Waals surface area contributed by atoms with Gasteiger partial charge in [-0.2, -0.15) is 0 Å². The van der Waals surface area contributed by atoms with E-state index in [9.17, 15) is 16.4 Å². The minimum Gasteiger partial charge on any atom is -0.311 e. The Morgan fingerprint density at radius 3 is 1.04 bits per heavy atom. The van der Waals surface area contributed by atoms with Gasteiger partial charge in [0.2, 0.25) is 0 Å². The van der Waals surface area contributed by atoms with Gasteiger partial charge in [-0.05, 0) is 196 Å². The highest BCUT2D eigenvalue weighted by molar-refractivity contribution is 7.00. The maximum absolute atomic E-state index is 9.91. The lowest BCUT2D eigenvalue weighted by molar-refractivity contribution is 0.590. The molecule has 2 aromatic heterocycles. The van der Waals surface area contributed by atoms with E-state index in [-0.39, 0.29) is 43.6 Å². The number of benzene rings is 17. The minimum absolute atomic E-state index is 0.0556. The molecule has 0 radical (unpaired) electrons. The first kappa shape index (κ1) is 50.5. The number of nitrogens with zero attached hydrogens (tertiary/aromatic N) is 4. The highest BCUT2D eigenvalue weighted by Gasteiger charge is 2.46. The number of para-hydroxylation sites is 5. The molecular formula is C106H75BN4. The predicted molar refractivity (Wildman–Crippen MR) is 471 cm³/mol. The van der Waals surface area contributed by atoms with Crippen LogP contribution in [0.4, 0.5) is 34.1 Å². The van der Waals surface area contributed by atoms with Crippen LogP contribution in [-0.4, -0.2) is 15.8 Å². The van der Waals surface area contributed by atoms with Gasteiger partial charge in [-0.15, -0.1) is 0 Å². The van der Waals surface area contributed by atoms with E-state index in [1.165, 1.54) is 0 Å². The van der Waals surface area contributed by atoms with Crippen molar-refractivity contribution in [2.45, 2.75) is 26.2 Å². The summed E-state index contributed by atoms with van der Waals surface area (Å²) in [6.07, 6.45) is 0. The molecule has 0 unspecified atom stereocenters. The van der Waals surface area contributed by atoms with E-state index < -0.39 is 109 Å². The first-order valence-corrected chi connectivity index (χ1v) is 37.3. The molecule has 21 rings (SSSR count). The smallest absolute Gasteiger partial charge is 0.252 e. The Bertz CT molecular complexity index is 7720. The molecule has 4 nitrogen and oxygen atoms in total. The molecule has 0 fully saturated rings. The van der Waals surface area contributed by atoms with E-state index in [0.717, 1.165) is 128 Å². The molecule has 111 heavy (non-hydrogen) atoms. The molecule has 0 saturated carbocycles. The average Bonchev–Trinajstić information content (AvgIpc) is 1.47. The third-order valence-electron chi connectivity index (χ3n) is 22.1. The van der Waals surface area contributed by atoms with Crippen LogP contribution in [0.5, 0.6) is 0 Å². The molecule has 4 heterocycles. The summed E-state index contributed by atoms with van der Waals surface area (Å²) in [5.41, 5.74) is 22.1. The maximum Gasteiger partial charge on any atom is 0.252 e. The number of rotatable bonds is 12. The number of hydrogen-bond acceptors (Lipinski definition) is 2. The zero-order valence-electron chi connectivity index (χ0n) is 76.7. The summed E-state index contributed by atoms with van der Waals surface area (Å²) in [6.45, 7) is 5.75. The van der Waals surface area contributed by atoms with E-state index in [0.29, 0.717) is 28.4 Å². The molecule has 5 heteroatoms. The number of aromatic nitrogens is 2. The fourth-order valence-corrected chi connectivity index (χ4v) is 16.8. The van der Waals surface area contributed by atoms with Gasteiger partial charge in [-0.1, -0.05) is 330 Å². The second-order valence-electron chi connectivity index (χ2n) is 29.6. The highest BCUT2D eigenvalue weighted by Crippen LogP contribution is 2.53. The summed E-state index contributed by atoms with van der Waals surface area (Å²) >= 11 is 0. The molecule has 0 amide bonds. The molecule has 0 saturated heterocycles. The van der Waals surface area contributed by atoms with E-state index in [2.05, 4.69) is 225 Å². The van der Waals surface area contributed by atoms with Gasteiger partial charge >= 0.3 is 0 Å². The van der Waals surface area contributed by atoms with Gasteiger partial charge in [0.15, 0.2) is 0 Å². The molecular weight excluding hydrogens is 1340 g/mol. The van der Waals surface area contributed by atoms with Gasteiger partial charge in [-0.3, -0.25) is 0 Å². The monoisotopic (exact) mass is 1430 g/mol. The lowest BCUT2D eigenvalue weighted by Gasteiger charge is -2.46. The summed E-state index contributed by atoms with van der Waals surface area (Å²) in [4.78, 5) is 4.60. The van der Waals surface area contributed by atoms with Crippen molar-refractivity contribution in [3.05, 3.63) is 406 Å². The van der Waals surface area contributed by atoms with Gasteiger partial charge in [0.1, 0.15) is 0 Å². The molecule has 522 valence electrons. The van der Waals surface area contributed by atoms with Crippen LogP contribution in [0, 0.1) is 0 Å². The van der Waals surface area contributed by atoms with Crippen molar-refractivity contribution in [1.29, 1.82) is 0 Å². The molecule has 0 bridgehead atoms. The van der Waals surface area contributed by atoms with Crippen molar-refractivity contribution in [3.63, 3.8) is 0 Å². The normalized spacial score (nSPS) is 14.4. The maximum atomic E-state index is 9.91. The Balaban J connectivity index is 0.915. The van der Waals surface area contributed by atoms with E-state index in [1.54, 1.807) is 9.13 Å². The lowest BCUT2D eigenvalue weighted by atomic mass is 9.33. The zero-order valence-corrected chi connectivity index (χ0v) is 60.7. The Labute approximate surface area is 670 Å². The Morgan fingerprint density at radius 2 is 0.577 bits per heavy atom. The zero-order chi connectivity index (χ0) is 87.8. The summed E-state index contributed by atoms with van der Waals surface area (Å²) in [5, 5.41) is -0.311. The third kappa shape index (κ3) is 11.1. The van der Waals surface area contributed by atoms with Gasteiger partial charge < -0.3 is 18.9 Å². The van der Waals surface area contributed by atoms with Gasteiger partial charge in [-0.25, -0.2) is 0 Å². The molecule has 0 aliphatic carbocycles. The highest BCUT2D eigenvalue weighted by atomic mass is 15.2. The SMILES string of the molecule is [2H]c1c([2H])c([2H])c2c(c1[2H])c1c([2H])c([2H])c([2H])c([2H])c1n2-c1ccc2c(c1)N(c1cc(-c3ccc(-c4ccccc4)cc3)cc(-c3cccc(-c4ccccc4)c3)c1)c1cc(C(C)(C)C)cc3c1B2c1ccc(-n2c4c([2H])c([2H])c([2H])c([2H])c4c4c([2H])c([2H])c([2H])c([2H])c42)cc1N3c1c(-c2ccccc2)cccc1-c1cccc(-c2ccc(-c3ccccc3)cc2)c1. The Kier molecular flexibility index (Phi) is 12.0. The van der Waals surface area contributed by atoms with Crippen LogP contribution in [-0.2, 0) is 5.41 Å². The third-order valence-corrected chi connectivity index (χ3v) is 22.1. The van der Waals surface area contributed by atoms with Crippen molar-refractivity contribution >= 4 is 101 Å². The minimum atomic E-state index is -0.773. The second-order valence-corrected chi connectivity index (χ2v) is 29.6. The number of fused-ring (bicyclic) bond motifs is 10. The van der Waals surface area contributed by atoms with Crippen molar-refractivity contribution < 1.29 is 21.9 Å². The molecule has 19 aromatic rings. The van der Waals surface area contributed by atoms with Crippen molar-refractivity contribution in [3.8, 4) is 100 Å². The molecule has 17 aromatic carbocycles. The van der Waals surface area contributed by atoms with Gasteiger partial charge in [0.25, 0.3) is 6.71 Å². The molecule has 0 N–H and O–H groups in total. The fraction of sp³-hybridized carbons (Fsp3) is 0.0377. The lowest BCUT2D eigenvalue weighted by Crippen LogP contribution is -2.61. The van der Waals surface area contributed by atoms with Gasteiger partial charge in [0.05, 0.1) is 49.7 Å². The summed E-state index contributed by atoms with van der Waals surface area (Å²) in [6, 6.07) is 96.0. The molecule has 2 aliphatic rings. The van der Waals surface area contributed by atoms with Crippen LogP contribution >= 0.6 is 0 Å². The standard InChI is InChI=1S/C106H75BN4/c1-106(2,3)84-66-102-104-103(67-84)111(105-88(77-33-14-7-15-34-77)43-26-44-89(105)81-38-25-36-79(62-81)75-53-49-73(50-54-75)70-27-8-4-9-28-70)101-69-86(109-98-47-22-18-41-92(98)93-42-19-23-48-99(93)109)58-60-95(101)107(104)94-59-57-85(108-96-45-20-16-39-90(96)91-40-17-21-46-97(91)108)68-100(94)110(102)87-64-82(76-55-51-74(52-56-76)71-29-10-5-11-30-71)63-83(65-87)80-37-24-35-78(61-80)72-31-12-6-13-32-72/h4-69H,1-3H3/i16D,17D,18D,19D,20D,21D,22D,23D,39D,40D,41D,42D,45D,46D,47D,48D. The molecule has 0 atom stereocenters. The Morgan fingerprint density at radius 1 is 0.252 bits per heavy atom. The van der Waals surface area contributed by atoms with Crippen LogP contribution in [0.3, 0.4) is 0 Å². The number of hydrogen-bond donors (Lipinski definition) is 0. The summed E-state index contributed by atoms with van der Waals surface area (Å²) in [5.74, 6) is 0. The predicted octanol–water partition coefficient (Wildman–Crippen LogP) is 26.6. The topological polar surface area (TPSA) is 16.3 Å². The average molecular weight is 1430 g/mol. The van der Waals surface area contributed by atoms with Crippen LogP contribution in [0.25, 0.3) is 144 Å². The van der Waals surface area contributed by atoms with E-state index in [4.69, 9.17) is 5.48 Å². The van der Waals surface area contributed by atoms with E-state index >= 15 is 0 Å². The Hall–Kier alpha value is -14.0. The van der Waals surface area contributed by atoms with Crippen molar-refractivity contribution in [2.24, 2.45) is 0 Å². The molecule has 2 aliphatic heterocycles. The second kappa shape index (κ2) is 26.4. The fourth-order valence-electron chi connectivity index (χ4n) is 16.8. The van der Waals surface area contributed by atoms with Crippen LogP contribution in [0.2, 0.25) is 0 Å².